The highest BCUT2D eigenvalue weighted by atomic mass is 128. The Bertz CT molecular complexity index is 4110. The van der Waals surface area contributed by atoms with Crippen molar-refractivity contribution < 1.29 is 155 Å². The number of allylic oxidation sites excluding steroid dienone is 1. The summed E-state index contributed by atoms with van der Waals surface area (Å²) in [4.78, 5) is 38.4. The van der Waals surface area contributed by atoms with Gasteiger partial charge < -0.3 is 116 Å². The summed E-state index contributed by atoms with van der Waals surface area (Å²) >= 11 is 4.24. The zero-order chi connectivity index (χ0) is 105. The monoisotopic (exact) mass is 2310 g/mol. The van der Waals surface area contributed by atoms with Crippen molar-refractivity contribution in [1.82, 2.24) is 0 Å². The third-order valence-corrected chi connectivity index (χ3v) is 25.2. The van der Waals surface area contributed by atoms with E-state index in [0.717, 1.165) is 24.7 Å². The van der Waals surface area contributed by atoms with Crippen LogP contribution in [0.4, 0.5) is 0 Å². The summed E-state index contributed by atoms with van der Waals surface area (Å²) < 4.78 is 155. The molecule has 18 radical (unpaired) electrons. The van der Waals surface area contributed by atoms with Gasteiger partial charge in [0.1, 0.15) is 77.2 Å². The van der Waals surface area contributed by atoms with Crippen LogP contribution in [0.1, 0.15) is 159 Å². The molecule has 0 saturated heterocycles. The molecule has 8 saturated carbocycles. The van der Waals surface area contributed by atoms with Gasteiger partial charge >= 0.3 is 21.2 Å². The highest BCUT2D eigenvalue weighted by Crippen LogP contribution is 2.50. The van der Waals surface area contributed by atoms with Gasteiger partial charge in [-0.2, -0.15) is 16.8 Å². The lowest BCUT2D eigenvalue weighted by Gasteiger charge is -2.21. The molecule has 30 atom stereocenters. The molecule has 9 N–H and O–H groups in total. The normalized spacial score (nSPS) is 31.2. The maximum Gasteiger partial charge on any atom is 0.356 e. The number of aliphatic hydroxyl groups excluding tert-OH is 7. The van der Waals surface area contributed by atoms with Crippen LogP contribution in [0.5, 0.6) is 0 Å². The van der Waals surface area contributed by atoms with Crippen LogP contribution in [0.3, 0.4) is 0 Å². The maximum atomic E-state index is 12.3. The lowest BCUT2D eigenvalue weighted by molar-refractivity contribution is -0.144. The molecule has 0 spiro atoms. The molecule has 0 aromatic heterocycles. The van der Waals surface area contributed by atoms with Gasteiger partial charge in [-0.3, -0.25) is 22.3 Å². The van der Waals surface area contributed by atoms with Crippen molar-refractivity contribution in [3.63, 3.8) is 0 Å². The lowest BCUT2D eigenvalue weighted by atomic mass is 9.84. The highest BCUT2D eigenvalue weighted by Gasteiger charge is 2.45. The van der Waals surface area contributed by atoms with Crippen LogP contribution in [0, 0.1) is 6.92 Å². The molecule has 11 rings (SSSR count). The summed E-state index contributed by atoms with van der Waals surface area (Å²) in [5.74, 6) is -1.42. The Kier molecular flexibility index (Phi) is 84.2. The van der Waals surface area contributed by atoms with Gasteiger partial charge in [0.15, 0.2) is 0 Å². The Labute approximate surface area is 874 Å². The Morgan fingerprint density at radius 2 is 0.796 bits per heavy atom. The predicted octanol–water partition coefficient (Wildman–Crippen LogP) is 11.8. The summed E-state index contributed by atoms with van der Waals surface area (Å²) in [6.45, 7) is 13.9. The molecular weight excluding hydrogens is 2160 g/mol. The molecule has 60 heteroatoms. The molecule has 10 aliphatic rings. The number of aliphatic hydroxyl groups is 7. The second-order valence-corrected chi connectivity index (χ2v) is 39.3. The molecule has 30 unspecified atom stereocenters. The number of ether oxygens (including phenoxy) is 13. The van der Waals surface area contributed by atoms with Gasteiger partial charge in [0.2, 0.25) is 0 Å². The van der Waals surface area contributed by atoms with Crippen LogP contribution in [0.25, 0.3) is 41.8 Å². The Morgan fingerprint density at radius 1 is 0.444 bits per heavy atom. The van der Waals surface area contributed by atoms with E-state index in [1.807, 2.05) is 13.0 Å². The van der Waals surface area contributed by atoms with Gasteiger partial charge in [-0.05, 0) is 169 Å². The fraction of sp³-hybridized carbons (Fsp3) is 0.841. The van der Waals surface area contributed by atoms with Gasteiger partial charge in [0.25, 0.3) is 20.2 Å². The standard InChI is InChI=1S/C14H19BO6S.C10H19BN3O4P.C8H15BO5S.C7H12BN3O2.C7H13BO4.C7H13BO3.C7H10O3.C6H11BN3O4P.C5H8BN3O.C5H7BO.C2H4.4CH4.I2/c1-9-3-5-10(6-4-9)22(17,18)21-14-11(15)7-12(13(14)16)20-8-19-2;1-3-17-19(15,18-4-2)7-16-10-6-8(11)5-9(10)13-14-12;1-12-5-13-7-3-6(9)4-8(7)14-15(2,10)11;1-12-4-13-7-3-5(8)2-6(7)10-11-9;1-11-3-12-5-2-4(8)6(9)7(5)10;1-10-4-11-7-3-5(8)2-6(7)9;1-5(8)10-7-3-2-6(9)4-7;7-4-1-5(9-10-8)6(2-4)14-3-15(11,12)13;6-3-1-4(8-9-7)5(10)2-3;6-4-1-2-5(7)3-4;1-2;;;;;1-2/h3-6,11-14,16H,7-8H2,1-2H3;8-10H,3-7H2,1-2H3;6-8H,3-5H2,1-2H3;5-7H,2-4H2,1H3;4-7,9-10H,2-3H2,1H3;5-7,9H,2-4H2,1H3;2-3,6-7,9H,4H2,1H3;4-6H,1-3H2,(H2,11,12,13);3-5,10H,1-2H2;1-2,4-5,7H,3H2;1-2H2;4*1H4;. The number of halogens is 2. The quantitative estimate of drug-likeness (QED) is 0.00291. The molecule has 8 fully saturated rings. The zero-order valence-corrected chi connectivity index (χ0v) is 87.1. The minimum absolute atomic E-state index is 0. The number of carbonyl (C=O) groups is 1. The van der Waals surface area contributed by atoms with E-state index in [1.54, 1.807) is 58.4 Å². The van der Waals surface area contributed by atoms with E-state index in [2.05, 4.69) is 95.2 Å². The first-order chi connectivity index (χ1) is 65.1. The topological polar surface area (TPSA) is 654 Å². The fourth-order valence-electron chi connectivity index (χ4n) is 14.8. The van der Waals surface area contributed by atoms with E-state index < -0.39 is 127 Å². The molecule has 796 valence electrons. The molecule has 1 aromatic carbocycles. The molecule has 0 amide bonds. The van der Waals surface area contributed by atoms with Crippen molar-refractivity contribution >= 4 is 149 Å². The van der Waals surface area contributed by atoms with Crippen molar-refractivity contribution in [2.75, 3.05) is 102 Å². The van der Waals surface area contributed by atoms with Crippen molar-refractivity contribution in [1.29, 1.82) is 0 Å². The number of methoxy groups -OCH3 is 5. The number of hydrogen-bond donors (Lipinski definition) is 9. The third-order valence-electron chi connectivity index (χ3n) is 21.0. The summed E-state index contributed by atoms with van der Waals surface area (Å²) in [5.41, 5.74) is 34.0. The summed E-state index contributed by atoms with van der Waals surface area (Å²) in [5, 5.41) is 79.0. The van der Waals surface area contributed by atoms with Crippen molar-refractivity contribution in [2.45, 2.75) is 345 Å². The molecule has 45 nitrogen and oxygen atoms in total. The summed E-state index contributed by atoms with van der Waals surface area (Å²) in [6, 6.07) is 5.05. The van der Waals surface area contributed by atoms with Gasteiger partial charge in [-0.1, -0.05) is 127 Å². The van der Waals surface area contributed by atoms with E-state index in [-0.39, 0.29) is 190 Å². The largest absolute Gasteiger partial charge is 0.458 e. The van der Waals surface area contributed by atoms with Crippen LogP contribution in [0.2, 0.25) is 52.4 Å². The van der Waals surface area contributed by atoms with E-state index in [1.165, 1.54) is 40.4 Å². The van der Waals surface area contributed by atoms with Crippen LogP contribution in [0.15, 0.2) is 87.1 Å². The number of rotatable bonds is 35. The van der Waals surface area contributed by atoms with Crippen LogP contribution in [-0.4, -0.2) is 369 Å². The molecule has 0 bridgehead atoms. The Hall–Kier alpha value is -3.45. The smallest absolute Gasteiger partial charge is 0.356 e. The molecule has 10 aliphatic carbocycles. The highest BCUT2D eigenvalue weighted by molar-refractivity contribution is 15.0. The number of esters is 1. The number of hydrogen-bond acceptors (Lipinski definition) is 35. The van der Waals surface area contributed by atoms with Crippen LogP contribution >= 0.6 is 52.4 Å². The minimum atomic E-state index is -4.18. The molecular formula is C82H147B9I2N12O33P2S2. The van der Waals surface area contributed by atoms with Gasteiger partial charge in [-0.15, -0.1) is 13.2 Å². The number of azide groups is 4. The molecule has 0 heterocycles. The zero-order valence-electron chi connectivity index (χ0n) is 79.4. The van der Waals surface area contributed by atoms with E-state index in [0.29, 0.717) is 89.9 Å². The number of benzene rings is 1. The van der Waals surface area contributed by atoms with Gasteiger partial charge in [-0.25, -0.2) is 0 Å². The predicted molar refractivity (Wildman–Crippen MR) is 562 cm³/mol. The van der Waals surface area contributed by atoms with E-state index in [9.17, 15) is 51.2 Å². The first kappa shape index (κ1) is 147. The summed E-state index contributed by atoms with van der Waals surface area (Å²) in [7, 11) is 43.4. The SMILES string of the molecule is C.C.C.C.C=C.CC(=O)OC1C=CC(O)C1.II.[B]C1C=CC(O)C1.[B]C1CC(N=[N+]=[N-])C(OCOC)C1.[B]C1CC(N=[N+]=[N-])C(OCP(=O)(O)O)C1.[B]C1CC(N=[N+]=[N-])C(OCP(=O)(OCC)OCC)C1.[B]C1CC(O)C(N=[N+]=[N-])C1.[B]C1CC(O)C(OCOC)C1.[B]C1CC(OCOC)C(O)C1O.[B]C1CC(OCOC)C(O)C1OS(=O)(=O)c1ccc(C)cc1.[B]C1CC(OCOC)C(OS(C)(=O)=O)C1. The lowest BCUT2D eigenvalue weighted by Crippen LogP contribution is -2.35. The first-order valence-electron chi connectivity index (χ1n) is 43.6. The van der Waals surface area contributed by atoms with Gasteiger partial charge in [0.05, 0.1) is 192 Å². The number of carbonyl (C=O) groups excluding carboxylic acids is 1. The molecule has 1 aromatic rings. The second-order valence-electron chi connectivity index (χ2n) is 32.6. The van der Waals surface area contributed by atoms with Crippen LogP contribution < -0.4 is 0 Å². The fourth-order valence-corrected chi connectivity index (χ4v) is 18.3. The van der Waals surface area contributed by atoms with Crippen molar-refractivity contribution in [2.24, 2.45) is 20.5 Å². The maximum absolute atomic E-state index is 12.3. The average Bonchev–Trinajstić information content (AvgIpc) is 1.64. The van der Waals surface area contributed by atoms with E-state index in [4.69, 9.17) is 192 Å². The van der Waals surface area contributed by atoms with Crippen molar-refractivity contribution in [3.8, 4) is 0 Å². The van der Waals surface area contributed by atoms with Gasteiger partial charge in [0, 0.05) is 106 Å². The number of aryl methyl sites for hydroxylation is 1. The Morgan fingerprint density at radius 3 is 1.15 bits per heavy atom. The van der Waals surface area contributed by atoms with E-state index >= 15 is 0 Å². The van der Waals surface area contributed by atoms with Crippen LogP contribution in [-0.2, 0) is 113 Å². The number of nitrogens with zero attached hydrogens (tertiary/aromatic N) is 12. The average molecular weight is 2310 g/mol. The third kappa shape index (κ3) is 62.4. The first-order valence-corrected chi connectivity index (χ1v) is 56.6. The van der Waals surface area contributed by atoms with Crippen molar-refractivity contribution in [3.05, 3.63) is 109 Å². The Balaban J connectivity index is -0.000000492. The molecule has 0 aliphatic heterocycles. The summed E-state index contributed by atoms with van der Waals surface area (Å²) in [6.07, 6.45) is 7.38. The minimum Gasteiger partial charge on any atom is -0.458 e. The molecule has 142 heavy (non-hydrogen) atoms. The second kappa shape index (κ2) is 81.4.